The van der Waals surface area contributed by atoms with Gasteiger partial charge in [-0.1, -0.05) is 43.3 Å². The SMILES string of the molecule is CCCC1=NN(c2ccccc2)C(=O)[C@H]1Sc1nc(-c2ccc(OC)cc2)cs1. The molecule has 1 aliphatic heterocycles. The maximum absolute atomic E-state index is 13.1. The van der Waals surface area contributed by atoms with Crippen LogP contribution in [0.2, 0.25) is 0 Å². The standard InChI is InChI=1S/C22H21N3O2S2/c1-3-7-18-20(21(26)25(24-18)16-8-5-4-6-9-16)29-22-23-19(14-28-22)15-10-12-17(27-2)13-11-15/h4-6,8-14,20H,3,7H2,1-2H3/t20-/m0/s1. The lowest BCUT2D eigenvalue weighted by Gasteiger charge is -2.13. The highest BCUT2D eigenvalue weighted by molar-refractivity contribution is 8.03. The first kappa shape index (κ1) is 19.7. The zero-order chi connectivity index (χ0) is 20.2. The highest BCUT2D eigenvalue weighted by atomic mass is 32.2. The van der Waals surface area contributed by atoms with E-state index in [1.165, 1.54) is 16.8 Å². The van der Waals surface area contributed by atoms with Gasteiger partial charge in [-0.2, -0.15) is 10.1 Å². The largest absolute Gasteiger partial charge is 0.497 e. The molecule has 4 rings (SSSR count). The van der Waals surface area contributed by atoms with Crippen molar-refractivity contribution in [3.63, 3.8) is 0 Å². The summed E-state index contributed by atoms with van der Waals surface area (Å²) in [6.07, 6.45) is 1.74. The summed E-state index contributed by atoms with van der Waals surface area (Å²) in [6.45, 7) is 2.10. The summed E-state index contributed by atoms with van der Waals surface area (Å²) in [5.41, 5.74) is 3.64. The summed E-state index contributed by atoms with van der Waals surface area (Å²) in [4.78, 5) is 17.8. The fourth-order valence-electron chi connectivity index (χ4n) is 3.10. The van der Waals surface area contributed by atoms with Gasteiger partial charge in [0.05, 0.1) is 24.2 Å². The van der Waals surface area contributed by atoms with Gasteiger partial charge >= 0.3 is 0 Å². The number of hydrogen-bond donors (Lipinski definition) is 0. The van der Waals surface area contributed by atoms with Gasteiger partial charge in [-0.25, -0.2) is 4.98 Å². The van der Waals surface area contributed by atoms with Gasteiger partial charge in [0.2, 0.25) is 0 Å². The van der Waals surface area contributed by atoms with Crippen LogP contribution in [-0.2, 0) is 4.79 Å². The number of nitrogens with zero attached hydrogens (tertiary/aromatic N) is 3. The molecule has 0 unspecified atom stereocenters. The van der Waals surface area contributed by atoms with Crippen molar-refractivity contribution in [1.82, 2.24) is 4.98 Å². The van der Waals surface area contributed by atoms with E-state index in [1.54, 1.807) is 18.4 Å². The molecule has 0 N–H and O–H groups in total. The van der Waals surface area contributed by atoms with Crippen LogP contribution in [0.15, 0.2) is 69.4 Å². The number of thioether (sulfide) groups is 1. The zero-order valence-electron chi connectivity index (χ0n) is 16.2. The number of aromatic nitrogens is 1. The third-order valence-corrected chi connectivity index (χ3v) is 6.77. The number of carbonyl (C=O) groups excluding carboxylic acids is 1. The summed E-state index contributed by atoms with van der Waals surface area (Å²) in [5, 5.41) is 7.86. The lowest BCUT2D eigenvalue weighted by Crippen LogP contribution is -2.29. The summed E-state index contributed by atoms with van der Waals surface area (Å²) >= 11 is 3.04. The molecule has 3 aromatic rings. The van der Waals surface area contributed by atoms with Crippen LogP contribution in [0.3, 0.4) is 0 Å². The van der Waals surface area contributed by atoms with E-state index in [0.717, 1.165) is 45.6 Å². The summed E-state index contributed by atoms with van der Waals surface area (Å²) in [5.74, 6) is 0.808. The number of hydrogen-bond acceptors (Lipinski definition) is 6. The number of para-hydroxylation sites is 1. The van der Waals surface area contributed by atoms with Gasteiger partial charge in [0.1, 0.15) is 11.0 Å². The summed E-state index contributed by atoms with van der Waals surface area (Å²) in [6, 6.07) is 17.4. The average Bonchev–Trinajstić information content (AvgIpc) is 3.35. The fraction of sp³-hybridized carbons (Fsp3) is 0.227. The zero-order valence-corrected chi connectivity index (χ0v) is 17.9. The molecule has 1 aliphatic rings. The Morgan fingerprint density at radius 3 is 2.59 bits per heavy atom. The van der Waals surface area contributed by atoms with Crippen molar-refractivity contribution in [2.24, 2.45) is 5.10 Å². The Morgan fingerprint density at radius 2 is 1.90 bits per heavy atom. The maximum Gasteiger partial charge on any atom is 0.266 e. The van der Waals surface area contributed by atoms with E-state index in [4.69, 9.17) is 9.72 Å². The van der Waals surface area contributed by atoms with Gasteiger partial charge in [-0.15, -0.1) is 11.3 Å². The third kappa shape index (κ3) is 4.21. The number of methoxy groups -OCH3 is 1. The first-order valence-electron chi connectivity index (χ1n) is 9.42. The molecule has 1 aromatic heterocycles. The fourth-order valence-corrected chi connectivity index (χ4v) is 5.16. The number of ether oxygens (including phenoxy) is 1. The van der Waals surface area contributed by atoms with E-state index >= 15 is 0 Å². The predicted molar refractivity (Wildman–Crippen MR) is 120 cm³/mol. The molecule has 29 heavy (non-hydrogen) atoms. The Bertz CT molecular complexity index is 1020. The van der Waals surface area contributed by atoms with Gasteiger partial charge < -0.3 is 4.74 Å². The second-order valence-corrected chi connectivity index (χ2v) is 8.76. The minimum Gasteiger partial charge on any atom is -0.497 e. The topological polar surface area (TPSA) is 54.8 Å². The van der Waals surface area contributed by atoms with Crippen LogP contribution < -0.4 is 9.75 Å². The van der Waals surface area contributed by atoms with Crippen molar-refractivity contribution in [3.05, 3.63) is 60.0 Å². The quantitative estimate of drug-likeness (QED) is 0.505. The first-order valence-corrected chi connectivity index (χ1v) is 11.2. The molecular weight excluding hydrogens is 402 g/mol. The summed E-state index contributed by atoms with van der Waals surface area (Å²) < 4.78 is 6.08. The van der Waals surface area contributed by atoms with Gasteiger partial charge in [-0.3, -0.25) is 4.79 Å². The molecule has 5 nitrogen and oxygen atoms in total. The number of amides is 1. The second-order valence-electron chi connectivity index (χ2n) is 6.55. The molecule has 0 bridgehead atoms. The van der Waals surface area contributed by atoms with Gasteiger partial charge in [0.25, 0.3) is 5.91 Å². The molecular formula is C22H21N3O2S2. The minimum atomic E-state index is -0.329. The molecule has 2 aromatic carbocycles. The molecule has 148 valence electrons. The van der Waals surface area contributed by atoms with Crippen molar-refractivity contribution >= 4 is 40.4 Å². The smallest absolute Gasteiger partial charge is 0.266 e. The molecule has 0 radical (unpaired) electrons. The predicted octanol–water partition coefficient (Wildman–Crippen LogP) is 5.48. The average molecular weight is 424 g/mol. The second kappa shape index (κ2) is 8.80. The van der Waals surface area contributed by atoms with Gasteiger partial charge in [-0.05, 0) is 42.8 Å². The number of rotatable bonds is 7. The van der Waals surface area contributed by atoms with Crippen LogP contribution in [-0.4, -0.2) is 29.0 Å². The van der Waals surface area contributed by atoms with Gasteiger partial charge in [0.15, 0.2) is 4.34 Å². The Labute approximate surface area is 178 Å². The molecule has 2 heterocycles. The van der Waals surface area contributed by atoms with Crippen LogP contribution in [0, 0.1) is 0 Å². The van der Waals surface area contributed by atoms with Crippen LogP contribution in [0.4, 0.5) is 5.69 Å². The Kier molecular flexibility index (Phi) is 5.97. The number of anilines is 1. The molecule has 0 fully saturated rings. The lowest BCUT2D eigenvalue weighted by molar-refractivity contribution is -0.116. The van der Waals surface area contributed by atoms with E-state index in [2.05, 4.69) is 12.0 Å². The van der Waals surface area contributed by atoms with E-state index in [1.807, 2.05) is 60.0 Å². The van der Waals surface area contributed by atoms with E-state index in [-0.39, 0.29) is 11.2 Å². The molecule has 0 saturated heterocycles. The van der Waals surface area contributed by atoms with Crippen molar-refractivity contribution in [1.29, 1.82) is 0 Å². The number of hydrazone groups is 1. The Morgan fingerprint density at radius 1 is 1.14 bits per heavy atom. The Balaban J connectivity index is 1.54. The molecule has 0 aliphatic carbocycles. The van der Waals surface area contributed by atoms with E-state index < -0.39 is 0 Å². The first-order chi connectivity index (χ1) is 14.2. The molecule has 7 heteroatoms. The third-order valence-electron chi connectivity index (χ3n) is 4.56. The van der Waals surface area contributed by atoms with Crippen LogP contribution >= 0.6 is 23.1 Å². The number of thiazole rings is 1. The van der Waals surface area contributed by atoms with Crippen molar-refractivity contribution in [2.45, 2.75) is 29.4 Å². The normalized spacial score (nSPS) is 16.2. The maximum atomic E-state index is 13.1. The highest BCUT2D eigenvalue weighted by Gasteiger charge is 2.37. The van der Waals surface area contributed by atoms with Crippen molar-refractivity contribution in [2.75, 3.05) is 12.1 Å². The van der Waals surface area contributed by atoms with Crippen LogP contribution in [0.5, 0.6) is 5.75 Å². The summed E-state index contributed by atoms with van der Waals surface area (Å²) in [7, 11) is 1.65. The molecule has 0 saturated carbocycles. The van der Waals surface area contributed by atoms with E-state index in [9.17, 15) is 4.79 Å². The monoisotopic (exact) mass is 423 g/mol. The van der Waals surface area contributed by atoms with Crippen LogP contribution in [0.25, 0.3) is 11.3 Å². The number of carbonyl (C=O) groups is 1. The molecule has 1 amide bonds. The highest BCUT2D eigenvalue weighted by Crippen LogP contribution is 2.36. The minimum absolute atomic E-state index is 0.00847. The molecule has 0 spiro atoms. The lowest BCUT2D eigenvalue weighted by atomic mass is 10.1. The van der Waals surface area contributed by atoms with Crippen molar-refractivity contribution in [3.8, 4) is 17.0 Å². The van der Waals surface area contributed by atoms with Crippen LogP contribution in [0.1, 0.15) is 19.8 Å². The number of benzene rings is 2. The van der Waals surface area contributed by atoms with E-state index in [0.29, 0.717) is 0 Å². The molecule has 1 atom stereocenters. The van der Waals surface area contributed by atoms with Crippen molar-refractivity contribution < 1.29 is 9.53 Å². The van der Waals surface area contributed by atoms with Gasteiger partial charge in [0, 0.05) is 10.9 Å². The Hall–Kier alpha value is -2.64.